The standard InChI is InChI=1S/C11H11Br2ClO2/c1-2-3-4-10(15)16-11-8(13)5-7(12)6-9(11)14/h5-6H,2-4H2,1H3. The lowest BCUT2D eigenvalue weighted by Crippen LogP contribution is -2.08. The highest BCUT2D eigenvalue weighted by atomic mass is 79.9. The number of rotatable bonds is 4. The Bertz CT molecular complexity index is 371. The number of benzene rings is 1. The van der Waals surface area contributed by atoms with Gasteiger partial charge in [0.15, 0.2) is 5.75 Å². The molecule has 1 aromatic rings. The Labute approximate surface area is 117 Å². The van der Waals surface area contributed by atoms with E-state index in [1.165, 1.54) is 0 Å². The summed E-state index contributed by atoms with van der Waals surface area (Å²) in [6, 6.07) is 3.48. The second-order valence-corrected chi connectivity index (χ2v) is 5.45. The van der Waals surface area contributed by atoms with Crippen molar-refractivity contribution in [3.05, 3.63) is 26.1 Å². The number of hydrogen-bond donors (Lipinski definition) is 0. The first-order valence-corrected chi connectivity index (χ1v) is 6.86. The molecule has 5 heteroatoms. The zero-order valence-electron chi connectivity index (χ0n) is 8.73. The molecule has 0 saturated carbocycles. The molecule has 0 spiro atoms. The SMILES string of the molecule is CCCCC(=O)Oc1c(Cl)cc(Br)cc1Br. The molecule has 1 rings (SSSR count). The van der Waals surface area contributed by atoms with Gasteiger partial charge in [-0.3, -0.25) is 4.79 Å². The van der Waals surface area contributed by atoms with Crippen molar-refractivity contribution in [1.82, 2.24) is 0 Å². The van der Waals surface area contributed by atoms with Gasteiger partial charge in [-0.25, -0.2) is 0 Å². The van der Waals surface area contributed by atoms with E-state index in [2.05, 4.69) is 31.9 Å². The van der Waals surface area contributed by atoms with Gasteiger partial charge in [0, 0.05) is 10.9 Å². The largest absolute Gasteiger partial charge is 0.424 e. The molecule has 0 saturated heterocycles. The van der Waals surface area contributed by atoms with Crippen molar-refractivity contribution in [2.75, 3.05) is 0 Å². The molecule has 0 aromatic heterocycles. The molecule has 0 unspecified atom stereocenters. The highest BCUT2D eigenvalue weighted by Gasteiger charge is 2.12. The van der Waals surface area contributed by atoms with Gasteiger partial charge in [0.25, 0.3) is 0 Å². The summed E-state index contributed by atoms with van der Waals surface area (Å²) in [6.45, 7) is 2.02. The third-order valence-electron chi connectivity index (χ3n) is 1.91. The van der Waals surface area contributed by atoms with Crippen molar-refractivity contribution in [1.29, 1.82) is 0 Å². The summed E-state index contributed by atoms with van der Waals surface area (Å²) in [7, 11) is 0. The lowest BCUT2D eigenvalue weighted by molar-refractivity contribution is -0.134. The molecule has 0 amide bonds. The molecule has 0 heterocycles. The summed E-state index contributed by atoms with van der Waals surface area (Å²) >= 11 is 12.6. The topological polar surface area (TPSA) is 26.3 Å². The Morgan fingerprint density at radius 1 is 1.44 bits per heavy atom. The van der Waals surface area contributed by atoms with Crippen LogP contribution < -0.4 is 4.74 Å². The molecule has 0 aliphatic carbocycles. The average molecular weight is 370 g/mol. The molecule has 1 aromatic carbocycles. The van der Waals surface area contributed by atoms with Crippen LogP contribution in [0.15, 0.2) is 21.1 Å². The third-order valence-corrected chi connectivity index (χ3v) is 3.24. The van der Waals surface area contributed by atoms with Crippen molar-refractivity contribution in [3.8, 4) is 5.75 Å². The van der Waals surface area contributed by atoms with Crippen LogP contribution >= 0.6 is 43.5 Å². The first-order chi connectivity index (χ1) is 7.54. The smallest absolute Gasteiger partial charge is 0.311 e. The minimum atomic E-state index is -0.258. The number of unbranched alkanes of at least 4 members (excludes halogenated alkanes) is 1. The van der Waals surface area contributed by atoms with Crippen molar-refractivity contribution in [2.24, 2.45) is 0 Å². The van der Waals surface area contributed by atoms with Crippen LogP contribution in [0.4, 0.5) is 0 Å². The van der Waals surface area contributed by atoms with Crippen LogP contribution in [0.5, 0.6) is 5.75 Å². The minimum Gasteiger partial charge on any atom is -0.424 e. The molecule has 2 nitrogen and oxygen atoms in total. The number of halogens is 3. The maximum atomic E-state index is 11.4. The lowest BCUT2D eigenvalue weighted by atomic mass is 10.2. The number of ether oxygens (including phenoxy) is 1. The highest BCUT2D eigenvalue weighted by molar-refractivity contribution is 9.11. The van der Waals surface area contributed by atoms with E-state index in [-0.39, 0.29) is 5.97 Å². The van der Waals surface area contributed by atoms with Gasteiger partial charge in [-0.1, -0.05) is 40.9 Å². The van der Waals surface area contributed by atoms with Crippen LogP contribution in [0.25, 0.3) is 0 Å². The van der Waals surface area contributed by atoms with E-state index in [1.807, 2.05) is 6.92 Å². The van der Waals surface area contributed by atoms with Crippen LogP contribution in [0.1, 0.15) is 26.2 Å². The lowest BCUT2D eigenvalue weighted by Gasteiger charge is -2.08. The number of carbonyl (C=O) groups is 1. The fourth-order valence-electron chi connectivity index (χ4n) is 1.11. The van der Waals surface area contributed by atoms with Crippen LogP contribution in [-0.4, -0.2) is 5.97 Å². The first-order valence-electron chi connectivity index (χ1n) is 4.89. The van der Waals surface area contributed by atoms with Crippen LogP contribution in [0.3, 0.4) is 0 Å². The van der Waals surface area contributed by atoms with E-state index in [0.29, 0.717) is 21.7 Å². The molecule has 0 radical (unpaired) electrons. The van der Waals surface area contributed by atoms with E-state index in [4.69, 9.17) is 16.3 Å². The maximum Gasteiger partial charge on any atom is 0.311 e. The Morgan fingerprint density at radius 3 is 2.69 bits per heavy atom. The molecule has 0 N–H and O–H groups in total. The fraction of sp³-hybridized carbons (Fsp3) is 0.364. The molecule has 16 heavy (non-hydrogen) atoms. The molecule has 0 atom stereocenters. The summed E-state index contributed by atoms with van der Waals surface area (Å²) < 4.78 is 6.69. The summed E-state index contributed by atoms with van der Waals surface area (Å²) in [5.74, 6) is 0.123. The maximum absolute atomic E-state index is 11.4. The quantitative estimate of drug-likeness (QED) is 0.553. The summed E-state index contributed by atoms with van der Waals surface area (Å²) in [6.07, 6.45) is 2.20. The van der Waals surface area contributed by atoms with Crippen LogP contribution in [-0.2, 0) is 4.79 Å². The normalized spacial score (nSPS) is 10.2. The predicted molar refractivity (Wildman–Crippen MR) is 72.0 cm³/mol. The van der Waals surface area contributed by atoms with Crippen molar-refractivity contribution < 1.29 is 9.53 Å². The van der Waals surface area contributed by atoms with Crippen LogP contribution in [0.2, 0.25) is 5.02 Å². The number of hydrogen-bond acceptors (Lipinski definition) is 2. The number of esters is 1. The van der Waals surface area contributed by atoms with Gasteiger partial charge < -0.3 is 4.74 Å². The van der Waals surface area contributed by atoms with Gasteiger partial charge >= 0.3 is 5.97 Å². The molecule has 88 valence electrons. The molecule has 0 fully saturated rings. The Balaban J connectivity index is 2.77. The molecule has 0 bridgehead atoms. The van der Waals surface area contributed by atoms with Gasteiger partial charge in [0.05, 0.1) is 9.50 Å². The molecular formula is C11H11Br2ClO2. The number of carbonyl (C=O) groups excluding carboxylic acids is 1. The van der Waals surface area contributed by atoms with E-state index >= 15 is 0 Å². The fourth-order valence-corrected chi connectivity index (χ4v) is 2.92. The zero-order valence-corrected chi connectivity index (χ0v) is 12.7. The van der Waals surface area contributed by atoms with Crippen LogP contribution in [0, 0.1) is 0 Å². The van der Waals surface area contributed by atoms with Gasteiger partial charge in [-0.05, 0) is 34.5 Å². The summed E-state index contributed by atoms with van der Waals surface area (Å²) in [5, 5.41) is 0.408. The van der Waals surface area contributed by atoms with Gasteiger partial charge in [-0.2, -0.15) is 0 Å². The van der Waals surface area contributed by atoms with Gasteiger partial charge in [0.2, 0.25) is 0 Å². The molecule has 0 aliphatic heterocycles. The second-order valence-electron chi connectivity index (χ2n) is 3.28. The van der Waals surface area contributed by atoms with Crippen molar-refractivity contribution in [3.63, 3.8) is 0 Å². The Kier molecular flexibility index (Phi) is 5.79. The first kappa shape index (κ1) is 14.0. The Morgan fingerprint density at radius 2 is 2.12 bits per heavy atom. The summed E-state index contributed by atoms with van der Waals surface area (Å²) in [4.78, 5) is 11.4. The van der Waals surface area contributed by atoms with E-state index < -0.39 is 0 Å². The minimum absolute atomic E-state index is 0.258. The second kappa shape index (κ2) is 6.62. The van der Waals surface area contributed by atoms with Crippen molar-refractivity contribution in [2.45, 2.75) is 26.2 Å². The van der Waals surface area contributed by atoms with Crippen molar-refractivity contribution >= 4 is 49.4 Å². The van der Waals surface area contributed by atoms with E-state index in [1.54, 1.807) is 12.1 Å². The predicted octanol–water partition coefficient (Wildman–Crippen LogP) is 4.96. The molecular weight excluding hydrogens is 359 g/mol. The highest BCUT2D eigenvalue weighted by Crippen LogP contribution is 2.36. The van der Waals surface area contributed by atoms with Gasteiger partial charge in [0.1, 0.15) is 0 Å². The monoisotopic (exact) mass is 368 g/mol. The van der Waals surface area contributed by atoms with Gasteiger partial charge in [-0.15, -0.1) is 0 Å². The summed E-state index contributed by atoms with van der Waals surface area (Å²) in [5.41, 5.74) is 0. The zero-order chi connectivity index (χ0) is 12.1. The Hall–Kier alpha value is -0.0600. The van der Waals surface area contributed by atoms with E-state index in [9.17, 15) is 4.79 Å². The third kappa shape index (κ3) is 4.07. The van der Waals surface area contributed by atoms with E-state index in [0.717, 1.165) is 17.3 Å². The average Bonchev–Trinajstić information content (AvgIpc) is 2.20. The molecule has 0 aliphatic rings.